The summed E-state index contributed by atoms with van der Waals surface area (Å²) >= 11 is 0. The van der Waals surface area contributed by atoms with Gasteiger partial charge in [0.15, 0.2) is 0 Å². The van der Waals surface area contributed by atoms with Crippen molar-refractivity contribution in [3.8, 4) is 0 Å². The van der Waals surface area contributed by atoms with E-state index in [0.29, 0.717) is 5.78 Å². The third-order valence-corrected chi connectivity index (χ3v) is 2.99. The number of ketones is 1. The number of rotatable bonds is 4. The Hall–Kier alpha value is -1.15. The Morgan fingerprint density at radius 1 is 1.27 bits per heavy atom. The van der Waals surface area contributed by atoms with Crippen LogP contribution in [0.4, 0.5) is 0 Å². The van der Waals surface area contributed by atoms with Crippen LogP contribution in [0.2, 0.25) is 0 Å². The Kier molecular flexibility index (Phi) is 3.51. The molecule has 1 aromatic rings. The lowest BCUT2D eigenvalue weighted by atomic mass is 10.1. The highest BCUT2D eigenvalue weighted by Gasteiger charge is 2.23. The molecule has 15 heavy (non-hydrogen) atoms. The second-order valence-electron chi connectivity index (χ2n) is 4.17. The van der Waals surface area contributed by atoms with Gasteiger partial charge in [0.2, 0.25) is 0 Å². The Bertz CT molecular complexity index is 321. The van der Waals surface area contributed by atoms with Gasteiger partial charge in [-0.25, -0.2) is 0 Å². The summed E-state index contributed by atoms with van der Waals surface area (Å²) in [7, 11) is 0. The van der Waals surface area contributed by atoms with E-state index in [1.165, 1.54) is 5.56 Å². The lowest BCUT2D eigenvalue weighted by molar-refractivity contribution is -0.120. The first-order valence-electron chi connectivity index (χ1n) is 5.63. The summed E-state index contributed by atoms with van der Waals surface area (Å²) in [5.41, 5.74) is 1.28. The summed E-state index contributed by atoms with van der Waals surface area (Å²) in [4.78, 5) is 11.4. The molecule has 1 aromatic carbocycles. The number of Topliss-reactive ketones (excluding diaryl/α,β-unsaturated/α-hetero) is 1. The molecule has 2 nitrogen and oxygen atoms in total. The van der Waals surface area contributed by atoms with Crippen LogP contribution >= 0.6 is 0 Å². The molecule has 0 saturated heterocycles. The van der Waals surface area contributed by atoms with E-state index in [4.69, 9.17) is 0 Å². The maximum Gasteiger partial charge on any atom is 0.137 e. The van der Waals surface area contributed by atoms with Gasteiger partial charge in [0, 0.05) is 25.4 Å². The average molecular weight is 203 g/mol. The monoisotopic (exact) mass is 203 g/mol. The van der Waals surface area contributed by atoms with Crippen molar-refractivity contribution in [2.24, 2.45) is 5.92 Å². The summed E-state index contributed by atoms with van der Waals surface area (Å²) in [5.74, 6) is 0.712. The van der Waals surface area contributed by atoms with Crippen molar-refractivity contribution in [2.75, 3.05) is 6.54 Å². The number of benzene rings is 1. The third kappa shape index (κ3) is 2.90. The van der Waals surface area contributed by atoms with Gasteiger partial charge in [-0.15, -0.1) is 0 Å². The van der Waals surface area contributed by atoms with Crippen LogP contribution in [-0.2, 0) is 11.3 Å². The van der Waals surface area contributed by atoms with E-state index in [1.54, 1.807) is 0 Å². The minimum atomic E-state index is 0.272. The molecule has 2 rings (SSSR count). The topological polar surface area (TPSA) is 29.1 Å². The zero-order valence-electron chi connectivity index (χ0n) is 8.91. The summed E-state index contributed by atoms with van der Waals surface area (Å²) in [6, 6.07) is 10.3. The van der Waals surface area contributed by atoms with Crippen LogP contribution in [0.5, 0.6) is 0 Å². The molecule has 0 bridgehead atoms. The number of carbonyl (C=O) groups is 1. The van der Waals surface area contributed by atoms with Crippen LogP contribution in [0.1, 0.15) is 24.8 Å². The molecule has 0 amide bonds. The zero-order valence-corrected chi connectivity index (χ0v) is 8.91. The average Bonchev–Trinajstić information content (AvgIpc) is 2.66. The van der Waals surface area contributed by atoms with Crippen molar-refractivity contribution in [3.63, 3.8) is 0 Å². The first-order chi connectivity index (χ1) is 7.36. The molecule has 0 aromatic heterocycles. The standard InChI is InChI=1S/C13H17NO/c15-13-8-4-7-12(13)10-14-9-11-5-2-1-3-6-11/h1-3,5-6,12,14H,4,7-10H2/t12-/m0/s1. The quantitative estimate of drug-likeness (QED) is 0.812. The Morgan fingerprint density at radius 2 is 2.07 bits per heavy atom. The van der Waals surface area contributed by atoms with Gasteiger partial charge in [-0.05, 0) is 18.4 Å². The highest BCUT2D eigenvalue weighted by atomic mass is 16.1. The molecule has 1 N–H and O–H groups in total. The van der Waals surface area contributed by atoms with Gasteiger partial charge < -0.3 is 5.32 Å². The maximum absolute atomic E-state index is 11.4. The Morgan fingerprint density at radius 3 is 2.73 bits per heavy atom. The van der Waals surface area contributed by atoms with Crippen molar-refractivity contribution in [1.29, 1.82) is 0 Å². The highest BCUT2D eigenvalue weighted by Crippen LogP contribution is 2.20. The fourth-order valence-corrected chi connectivity index (χ4v) is 2.09. The molecule has 1 fully saturated rings. The molecule has 1 aliphatic carbocycles. The summed E-state index contributed by atoms with van der Waals surface area (Å²) < 4.78 is 0. The molecule has 0 unspecified atom stereocenters. The molecule has 1 saturated carbocycles. The molecule has 0 heterocycles. The predicted octanol–water partition coefficient (Wildman–Crippen LogP) is 2.15. The van der Waals surface area contributed by atoms with Crippen molar-refractivity contribution in [1.82, 2.24) is 5.32 Å². The van der Waals surface area contributed by atoms with E-state index in [-0.39, 0.29) is 5.92 Å². The highest BCUT2D eigenvalue weighted by molar-refractivity contribution is 5.83. The fourth-order valence-electron chi connectivity index (χ4n) is 2.09. The molecule has 0 radical (unpaired) electrons. The van der Waals surface area contributed by atoms with Crippen LogP contribution in [-0.4, -0.2) is 12.3 Å². The van der Waals surface area contributed by atoms with Gasteiger partial charge in [-0.3, -0.25) is 4.79 Å². The van der Waals surface area contributed by atoms with Gasteiger partial charge in [0.25, 0.3) is 0 Å². The molecule has 0 spiro atoms. The van der Waals surface area contributed by atoms with Crippen LogP contribution < -0.4 is 5.32 Å². The van der Waals surface area contributed by atoms with Crippen molar-refractivity contribution in [2.45, 2.75) is 25.8 Å². The molecular formula is C13H17NO. The summed E-state index contributed by atoms with van der Waals surface area (Å²) in [6.45, 7) is 1.71. The van der Waals surface area contributed by atoms with E-state index >= 15 is 0 Å². The molecule has 1 atom stereocenters. The van der Waals surface area contributed by atoms with Crippen LogP contribution in [0.25, 0.3) is 0 Å². The summed E-state index contributed by atoms with van der Waals surface area (Å²) in [5, 5.41) is 3.35. The maximum atomic E-state index is 11.4. The van der Waals surface area contributed by atoms with E-state index in [1.807, 2.05) is 18.2 Å². The minimum Gasteiger partial charge on any atom is -0.312 e. The second kappa shape index (κ2) is 5.08. The van der Waals surface area contributed by atoms with E-state index < -0.39 is 0 Å². The van der Waals surface area contributed by atoms with E-state index in [2.05, 4.69) is 17.4 Å². The SMILES string of the molecule is O=C1CCC[C@H]1CNCc1ccccc1. The van der Waals surface area contributed by atoms with E-state index in [9.17, 15) is 4.79 Å². The number of nitrogens with one attached hydrogen (secondary N) is 1. The summed E-state index contributed by atoms with van der Waals surface area (Å²) in [6.07, 6.45) is 2.94. The smallest absolute Gasteiger partial charge is 0.137 e. The molecule has 0 aliphatic heterocycles. The normalized spacial score (nSPS) is 20.8. The zero-order chi connectivity index (χ0) is 10.5. The lowest BCUT2D eigenvalue weighted by Gasteiger charge is -2.09. The Labute approximate surface area is 90.7 Å². The molecule has 80 valence electrons. The van der Waals surface area contributed by atoms with Crippen molar-refractivity contribution < 1.29 is 4.79 Å². The van der Waals surface area contributed by atoms with Crippen LogP contribution in [0, 0.1) is 5.92 Å². The molecular weight excluding hydrogens is 186 g/mol. The number of hydrogen-bond donors (Lipinski definition) is 1. The van der Waals surface area contributed by atoms with Gasteiger partial charge in [0.05, 0.1) is 0 Å². The minimum absolute atomic E-state index is 0.272. The van der Waals surface area contributed by atoms with Gasteiger partial charge >= 0.3 is 0 Å². The predicted molar refractivity (Wildman–Crippen MR) is 60.5 cm³/mol. The van der Waals surface area contributed by atoms with Crippen molar-refractivity contribution >= 4 is 5.78 Å². The van der Waals surface area contributed by atoms with E-state index in [0.717, 1.165) is 32.4 Å². The molecule has 2 heteroatoms. The second-order valence-corrected chi connectivity index (χ2v) is 4.17. The van der Waals surface area contributed by atoms with Gasteiger partial charge in [-0.1, -0.05) is 30.3 Å². The van der Waals surface area contributed by atoms with Crippen molar-refractivity contribution in [3.05, 3.63) is 35.9 Å². The van der Waals surface area contributed by atoms with Gasteiger partial charge in [-0.2, -0.15) is 0 Å². The number of hydrogen-bond acceptors (Lipinski definition) is 2. The first kappa shape index (κ1) is 10.4. The first-order valence-corrected chi connectivity index (χ1v) is 5.63. The third-order valence-electron chi connectivity index (χ3n) is 2.99. The largest absolute Gasteiger partial charge is 0.312 e. The van der Waals surface area contributed by atoms with Crippen LogP contribution in [0.3, 0.4) is 0 Å². The number of carbonyl (C=O) groups excluding carboxylic acids is 1. The fraction of sp³-hybridized carbons (Fsp3) is 0.462. The van der Waals surface area contributed by atoms with Gasteiger partial charge in [0.1, 0.15) is 5.78 Å². The Balaban J connectivity index is 1.73. The lowest BCUT2D eigenvalue weighted by Crippen LogP contribution is -2.24. The molecule has 1 aliphatic rings. The van der Waals surface area contributed by atoms with Crippen LogP contribution in [0.15, 0.2) is 30.3 Å².